The molecule has 1 amide bonds. The summed E-state index contributed by atoms with van der Waals surface area (Å²) in [5.41, 5.74) is 11.5. The van der Waals surface area contributed by atoms with Gasteiger partial charge in [0.2, 0.25) is 0 Å². The molecule has 0 saturated carbocycles. The van der Waals surface area contributed by atoms with E-state index in [0.29, 0.717) is 13.1 Å². The number of guanidine groups is 1. The van der Waals surface area contributed by atoms with Crippen molar-refractivity contribution in [3.05, 3.63) is 36.2 Å². The molecule has 0 aliphatic carbocycles. The zero-order valence-electron chi connectivity index (χ0n) is 16.7. The number of aliphatic imine (C=N–C) groups is 1. The summed E-state index contributed by atoms with van der Waals surface area (Å²) >= 11 is 0. The number of benzene rings is 1. The fourth-order valence-corrected chi connectivity index (χ4v) is 2.53. The zero-order chi connectivity index (χ0) is 20.2. The highest BCUT2D eigenvalue weighted by Crippen LogP contribution is 2.15. The van der Waals surface area contributed by atoms with Crippen molar-refractivity contribution in [3.8, 4) is 11.4 Å². The summed E-state index contributed by atoms with van der Waals surface area (Å²) < 4.78 is 7.30. The second-order valence-corrected chi connectivity index (χ2v) is 6.37. The maximum absolute atomic E-state index is 12.0. The summed E-state index contributed by atoms with van der Waals surface area (Å²) in [6, 6.07) is 7.53. The maximum Gasteiger partial charge on any atom is 0.273 e. The lowest BCUT2D eigenvalue weighted by molar-refractivity contribution is 0.0949. The van der Waals surface area contributed by atoms with Crippen LogP contribution in [0.1, 0.15) is 49.5 Å². The van der Waals surface area contributed by atoms with Crippen LogP contribution in [-0.2, 0) is 0 Å². The van der Waals surface area contributed by atoms with Crippen LogP contribution in [0.15, 0.2) is 35.5 Å². The average Bonchev–Trinajstić information content (AvgIpc) is 3.18. The van der Waals surface area contributed by atoms with Crippen LogP contribution in [0.5, 0.6) is 5.75 Å². The van der Waals surface area contributed by atoms with Gasteiger partial charge in [-0.2, -0.15) is 0 Å². The van der Waals surface area contributed by atoms with Crippen molar-refractivity contribution >= 4 is 24.3 Å². The Hall–Kier alpha value is -2.81. The van der Waals surface area contributed by atoms with Crippen molar-refractivity contribution in [2.24, 2.45) is 16.5 Å². The van der Waals surface area contributed by atoms with E-state index in [1.54, 1.807) is 10.9 Å². The second-order valence-electron chi connectivity index (χ2n) is 6.37. The van der Waals surface area contributed by atoms with Gasteiger partial charge in [-0.05, 0) is 30.7 Å². The summed E-state index contributed by atoms with van der Waals surface area (Å²) in [7, 11) is 0. The van der Waals surface area contributed by atoms with E-state index in [-0.39, 0.29) is 30.0 Å². The monoisotopic (exact) mass is 423 g/mol. The maximum atomic E-state index is 12.0. The number of halogens is 1. The average molecular weight is 424 g/mol. The van der Waals surface area contributed by atoms with E-state index in [1.165, 1.54) is 25.7 Å². The van der Waals surface area contributed by atoms with Crippen LogP contribution in [0.3, 0.4) is 0 Å². The molecule has 2 rings (SSSR count). The molecule has 10 heteroatoms. The van der Waals surface area contributed by atoms with Gasteiger partial charge in [-0.1, -0.05) is 37.8 Å². The third-order valence-electron chi connectivity index (χ3n) is 4.04. The van der Waals surface area contributed by atoms with E-state index in [4.69, 9.17) is 16.2 Å². The highest BCUT2D eigenvalue weighted by atomic mass is 35.5. The Bertz CT molecular complexity index is 758. The molecule has 0 fully saturated rings. The Kier molecular flexibility index (Phi) is 11.2. The fourth-order valence-electron chi connectivity index (χ4n) is 2.53. The molecule has 5 N–H and O–H groups in total. The summed E-state index contributed by atoms with van der Waals surface area (Å²) in [5, 5.41) is 10.6. The number of rotatable bonds is 12. The van der Waals surface area contributed by atoms with Crippen molar-refractivity contribution < 1.29 is 9.53 Å². The Balaban J connectivity index is 0.00000420. The Morgan fingerprint density at radius 3 is 2.59 bits per heavy atom. The minimum Gasteiger partial charge on any atom is -0.494 e. The van der Waals surface area contributed by atoms with E-state index < -0.39 is 0 Å². The van der Waals surface area contributed by atoms with E-state index in [9.17, 15) is 4.79 Å². The molecule has 0 aliphatic rings. The molecule has 0 radical (unpaired) electrons. The van der Waals surface area contributed by atoms with Crippen LogP contribution in [0, 0.1) is 0 Å². The number of unbranched alkanes of at least 4 members (excludes halogenated alkanes) is 4. The quantitative estimate of drug-likeness (QED) is 0.272. The van der Waals surface area contributed by atoms with E-state index in [1.807, 2.05) is 24.3 Å². The molecule has 0 unspecified atom stereocenters. The summed E-state index contributed by atoms with van der Waals surface area (Å²) in [6.45, 7) is 3.55. The molecule has 0 atom stereocenters. The van der Waals surface area contributed by atoms with Gasteiger partial charge in [-0.15, -0.1) is 17.5 Å². The van der Waals surface area contributed by atoms with Crippen LogP contribution in [0.25, 0.3) is 5.69 Å². The Morgan fingerprint density at radius 2 is 1.90 bits per heavy atom. The van der Waals surface area contributed by atoms with Crippen molar-refractivity contribution in [2.45, 2.75) is 39.0 Å². The summed E-state index contributed by atoms with van der Waals surface area (Å²) in [6.07, 6.45) is 7.61. The number of nitrogens with zero attached hydrogens (tertiary/aromatic N) is 4. The number of carbonyl (C=O) groups is 1. The molecule has 0 bridgehead atoms. The fraction of sp³-hybridized carbons (Fsp3) is 0.474. The van der Waals surface area contributed by atoms with Gasteiger partial charge in [0.05, 0.1) is 25.0 Å². The number of aromatic nitrogens is 3. The number of ether oxygens (including phenoxy) is 1. The summed E-state index contributed by atoms with van der Waals surface area (Å²) in [5.74, 6) is 0.473. The minimum atomic E-state index is -0.333. The molecule has 1 aromatic heterocycles. The Labute approximate surface area is 177 Å². The molecule has 0 saturated heterocycles. The number of nitrogens with one attached hydrogen (secondary N) is 1. The minimum absolute atomic E-state index is 0. The first-order valence-corrected chi connectivity index (χ1v) is 9.59. The molecule has 0 spiro atoms. The molecular weight excluding hydrogens is 394 g/mol. The Morgan fingerprint density at radius 1 is 1.17 bits per heavy atom. The van der Waals surface area contributed by atoms with E-state index >= 15 is 0 Å². The normalized spacial score (nSPS) is 10.1. The van der Waals surface area contributed by atoms with Gasteiger partial charge in [0.1, 0.15) is 5.75 Å². The molecule has 1 heterocycles. The van der Waals surface area contributed by atoms with Crippen LogP contribution < -0.4 is 21.5 Å². The molecule has 2 aromatic rings. The first-order chi connectivity index (χ1) is 13.6. The number of carbonyl (C=O) groups excluding carboxylic acids is 1. The molecule has 160 valence electrons. The van der Waals surface area contributed by atoms with Gasteiger partial charge >= 0.3 is 0 Å². The lowest BCUT2D eigenvalue weighted by atomic mass is 10.2. The van der Waals surface area contributed by atoms with E-state index in [0.717, 1.165) is 24.5 Å². The van der Waals surface area contributed by atoms with Crippen LogP contribution in [0.4, 0.5) is 0 Å². The number of hydrogen-bond acceptors (Lipinski definition) is 5. The number of hydrogen-bond donors (Lipinski definition) is 3. The SMILES string of the molecule is CCCCCCCOc1ccc(-n2cc(C(=O)NCCN=C(N)N)nn2)cc1.Cl. The van der Waals surface area contributed by atoms with Gasteiger partial charge in [-0.25, -0.2) is 4.68 Å². The van der Waals surface area contributed by atoms with Gasteiger partial charge in [0, 0.05) is 6.54 Å². The van der Waals surface area contributed by atoms with Gasteiger partial charge in [0.15, 0.2) is 11.7 Å². The zero-order valence-corrected chi connectivity index (χ0v) is 17.5. The first-order valence-electron chi connectivity index (χ1n) is 9.59. The molecular formula is C19H30ClN7O2. The largest absolute Gasteiger partial charge is 0.494 e. The highest BCUT2D eigenvalue weighted by molar-refractivity contribution is 5.91. The van der Waals surface area contributed by atoms with Gasteiger partial charge in [-0.3, -0.25) is 9.79 Å². The van der Waals surface area contributed by atoms with Crippen LogP contribution >= 0.6 is 12.4 Å². The van der Waals surface area contributed by atoms with Crippen molar-refractivity contribution in [1.82, 2.24) is 20.3 Å². The molecule has 1 aromatic carbocycles. The lowest BCUT2D eigenvalue weighted by Crippen LogP contribution is -2.28. The van der Waals surface area contributed by atoms with Crippen molar-refractivity contribution in [3.63, 3.8) is 0 Å². The second kappa shape index (κ2) is 13.4. The molecule has 29 heavy (non-hydrogen) atoms. The third kappa shape index (κ3) is 8.82. The predicted octanol–water partition coefficient (Wildman–Crippen LogP) is 2.04. The van der Waals surface area contributed by atoms with Crippen LogP contribution in [0.2, 0.25) is 0 Å². The van der Waals surface area contributed by atoms with Gasteiger partial charge < -0.3 is 21.5 Å². The van der Waals surface area contributed by atoms with E-state index in [2.05, 4.69) is 27.5 Å². The van der Waals surface area contributed by atoms with Crippen LogP contribution in [-0.4, -0.2) is 46.6 Å². The highest BCUT2D eigenvalue weighted by Gasteiger charge is 2.11. The first kappa shape index (κ1) is 24.2. The van der Waals surface area contributed by atoms with Gasteiger partial charge in [0.25, 0.3) is 5.91 Å². The molecule has 0 aliphatic heterocycles. The number of amides is 1. The predicted molar refractivity (Wildman–Crippen MR) is 116 cm³/mol. The smallest absolute Gasteiger partial charge is 0.273 e. The molecule has 9 nitrogen and oxygen atoms in total. The topological polar surface area (TPSA) is 133 Å². The summed E-state index contributed by atoms with van der Waals surface area (Å²) in [4.78, 5) is 15.8. The van der Waals surface area contributed by atoms with Crippen molar-refractivity contribution in [1.29, 1.82) is 0 Å². The third-order valence-corrected chi connectivity index (χ3v) is 4.04. The number of nitrogens with two attached hydrogens (primary N) is 2. The standard InChI is InChI=1S/C19H29N7O2.ClH/c1-2-3-4-5-6-13-28-16-9-7-15(8-10-16)26-14-17(24-25-26)18(27)22-11-12-23-19(20)21;/h7-10,14H,2-6,11-13H2,1H3,(H,22,27)(H4,20,21,23);1H. The lowest BCUT2D eigenvalue weighted by Gasteiger charge is -2.07. The van der Waals surface area contributed by atoms with Crippen molar-refractivity contribution in [2.75, 3.05) is 19.7 Å².